The van der Waals surface area contributed by atoms with Crippen molar-refractivity contribution in [1.29, 1.82) is 0 Å². The fraction of sp³-hybridized carbons (Fsp3) is 0.800. The summed E-state index contributed by atoms with van der Waals surface area (Å²) in [6.07, 6.45) is 2.26. The Hall–Kier alpha value is -1.79. The molecule has 1 heterocycles. The van der Waals surface area contributed by atoms with Gasteiger partial charge in [-0.15, -0.1) is 0 Å². The number of nitrogens with two attached hydrogens (primary N) is 1. The number of rotatable bonds is 4. The summed E-state index contributed by atoms with van der Waals surface area (Å²) >= 11 is 0. The van der Waals surface area contributed by atoms with Crippen LogP contribution in [-0.2, 0) is 14.3 Å². The molecule has 1 saturated carbocycles. The number of alkyl carbamates (subject to hydrolysis) is 1. The lowest BCUT2D eigenvalue weighted by molar-refractivity contribution is -0.131. The van der Waals surface area contributed by atoms with E-state index in [4.69, 9.17) is 10.5 Å². The number of carbonyl (C=O) groups excluding carboxylic acids is 3. The molecule has 7 heteroatoms. The van der Waals surface area contributed by atoms with Crippen LogP contribution in [0.15, 0.2) is 0 Å². The van der Waals surface area contributed by atoms with Gasteiger partial charge in [0.25, 0.3) is 0 Å². The molecule has 2 aliphatic rings. The van der Waals surface area contributed by atoms with Gasteiger partial charge in [-0.1, -0.05) is 0 Å². The highest BCUT2D eigenvalue weighted by molar-refractivity contribution is 5.87. The van der Waals surface area contributed by atoms with Gasteiger partial charge in [0.05, 0.1) is 0 Å². The first-order chi connectivity index (χ1) is 10.0. The monoisotopic (exact) mass is 311 g/mol. The first-order valence-electron chi connectivity index (χ1n) is 7.61. The van der Waals surface area contributed by atoms with Gasteiger partial charge in [-0.05, 0) is 46.5 Å². The van der Waals surface area contributed by atoms with E-state index in [1.165, 1.54) is 0 Å². The second-order valence-corrected chi connectivity index (χ2v) is 7.36. The van der Waals surface area contributed by atoms with Gasteiger partial charge in [0.15, 0.2) is 0 Å². The summed E-state index contributed by atoms with van der Waals surface area (Å²) in [5.74, 6) is -0.910. The number of primary amides is 1. The lowest BCUT2D eigenvalue weighted by Gasteiger charge is -2.23. The largest absolute Gasteiger partial charge is 0.444 e. The minimum Gasteiger partial charge on any atom is -0.444 e. The minimum absolute atomic E-state index is 0.0180. The second-order valence-electron chi connectivity index (χ2n) is 7.36. The molecule has 2 rings (SSSR count). The minimum atomic E-state index is -0.897. The average Bonchev–Trinajstić information content (AvgIpc) is 3.09. The van der Waals surface area contributed by atoms with Crippen molar-refractivity contribution >= 4 is 17.9 Å². The van der Waals surface area contributed by atoms with Crippen LogP contribution in [0.5, 0.6) is 0 Å². The molecule has 2 fully saturated rings. The molecule has 0 aromatic carbocycles. The molecule has 1 saturated heterocycles. The van der Waals surface area contributed by atoms with Crippen molar-refractivity contribution in [2.45, 2.75) is 63.6 Å². The molecule has 1 aliphatic carbocycles. The van der Waals surface area contributed by atoms with Crippen molar-refractivity contribution in [1.82, 2.24) is 10.2 Å². The molecule has 124 valence electrons. The van der Waals surface area contributed by atoms with Gasteiger partial charge in [0.2, 0.25) is 11.8 Å². The molecule has 1 aliphatic heterocycles. The maximum absolute atomic E-state index is 12.3. The summed E-state index contributed by atoms with van der Waals surface area (Å²) in [5.41, 5.74) is 4.68. The van der Waals surface area contributed by atoms with Gasteiger partial charge in [0, 0.05) is 18.5 Å². The predicted molar refractivity (Wildman–Crippen MR) is 79.8 cm³/mol. The van der Waals surface area contributed by atoms with E-state index in [0.29, 0.717) is 0 Å². The molecular formula is C15H25N3O4. The molecular weight excluding hydrogens is 286 g/mol. The van der Waals surface area contributed by atoms with Gasteiger partial charge in [0.1, 0.15) is 11.6 Å². The van der Waals surface area contributed by atoms with Crippen LogP contribution in [0, 0.1) is 5.92 Å². The molecule has 3 amide bonds. The molecule has 7 nitrogen and oxygen atoms in total. The molecule has 1 spiro atoms. The van der Waals surface area contributed by atoms with Crippen molar-refractivity contribution in [3.05, 3.63) is 0 Å². The Labute approximate surface area is 130 Å². The lowest BCUT2D eigenvalue weighted by Crippen LogP contribution is -2.47. The summed E-state index contributed by atoms with van der Waals surface area (Å²) in [6, 6.07) is -0.897. The highest BCUT2D eigenvalue weighted by Gasteiger charge is 2.56. The Kier molecular flexibility index (Phi) is 4.10. The average molecular weight is 311 g/mol. The lowest BCUT2D eigenvalue weighted by atomic mass is 9.95. The summed E-state index contributed by atoms with van der Waals surface area (Å²) in [7, 11) is 1.80. The maximum Gasteiger partial charge on any atom is 0.408 e. The number of ether oxygens (including phenoxy) is 1. The Balaban J connectivity index is 1.96. The predicted octanol–water partition coefficient (Wildman–Crippen LogP) is 0.766. The van der Waals surface area contributed by atoms with E-state index in [-0.39, 0.29) is 23.8 Å². The van der Waals surface area contributed by atoms with Crippen LogP contribution in [0.3, 0.4) is 0 Å². The standard InChI is InChI=1S/C15H25N3O4/c1-14(2,3)22-13(21)17-10(11(16)19)7-9-8-15(5-6-15)18(4)12(9)20/h9-10H,5-8H2,1-4H3,(H2,16,19)(H,17,21)/t9-,10+/m1/s1. The zero-order chi connectivity index (χ0) is 16.7. The van der Waals surface area contributed by atoms with Crippen LogP contribution >= 0.6 is 0 Å². The van der Waals surface area contributed by atoms with E-state index in [1.807, 2.05) is 0 Å². The molecule has 0 aromatic rings. The number of hydrogen-bond acceptors (Lipinski definition) is 4. The molecule has 3 N–H and O–H groups in total. The molecule has 0 bridgehead atoms. The number of carbonyl (C=O) groups is 3. The molecule has 22 heavy (non-hydrogen) atoms. The van der Waals surface area contributed by atoms with E-state index in [9.17, 15) is 14.4 Å². The van der Waals surface area contributed by atoms with Crippen molar-refractivity contribution in [2.24, 2.45) is 11.7 Å². The van der Waals surface area contributed by atoms with Crippen molar-refractivity contribution in [3.63, 3.8) is 0 Å². The quantitative estimate of drug-likeness (QED) is 0.800. The second kappa shape index (κ2) is 5.44. The topological polar surface area (TPSA) is 102 Å². The SMILES string of the molecule is CN1C(=O)[C@H](C[C@H](NC(=O)OC(C)(C)C)C(N)=O)CC12CC2. The van der Waals surface area contributed by atoms with Crippen molar-refractivity contribution < 1.29 is 19.1 Å². The van der Waals surface area contributed by atoms with E-state index >= 15 is 0 Å². The Morgan fingerprint density at radius 2 is 2.05 bits per heavy atom. The molecule has 0 aromatic heterocycles. The Bertz CT molecular complexity index is 494. The first kappa shape index (κ1) is 16.6. The van der Waals surface area contributed by atoms with Crippen LogP contribution in [-0.4, -0.2) is 47.0 Å². The maximum atomic E-state index is 12.3. The van der Waals surface area contributed by atoms with Crippen LogP contribution in [0.2, 0.25) is 0 Å². The van der Waals surface area contributed by atoms with E-state index in [1.54, 1.807) is 32.7 Å². The third-order valence-electron chi connectivity index (χ3n) is 4.40. The Morgan fingerprint density at radius 3 is 2.45 bits per heavy atom. The summed E-state index contributed by atoms with van der Waals surface area (Å²) in [5, 5.41) is 2.48. The van der Waals surface area contributed by atoms with Crippen LogP contribution in [0.25, 0.3) is 0 Å². The molecule has 0 radical (unpaired) electrons. The van der Waals surface area contributed by atoms with Gasteiger partial charge in [-0.3, -0.25) is 9.59 Å². The summed E-state index contributed by atoms with van der Waals surface area (Å²) in [4.78, 5) is 37.4. The number of nitrogens with one attached hydrogen (secondary N) is 1. The normalized spacial score (nSPS) is 24.3. The number of nitrogens with zero attached hydrogens (tertiary/aromatic N) is 1. The summed E-state index contributed by atoms with van der Waals surface area (Å²) < 4.78 is 5.13. The Morgan fingerprint density at radius 1 is 1.45 bits per heavy atom. The van der Waals surface area contributed by atoms with E-state index < -0.39 is 23.6 Å². The fourth-order valence-corrected chi connectivity index (χ4v) is 3.04. The zero-order valence-corrected chi connectivity index (χ0v) is 13.6. The van der Waals surface area contributed by atoms with Gasteiger partial charge < -0.3 is 20.7 Å². The number of amides is 3. The fourth-order valence-electron chi connectivity index (χ4n) is 3.04. The number of hydrogen-bond donors (Lipinski definition) is 2. The third-order valence-corrected chi connectivity index (χ3v) is 4.40. The first-order valence-corrected chi connectivity index (χ1v) is 7.61. The summed E-state index contributed by atoms with van der Waals surface area (Å²) in [6.45, 7) is 5.20. The van der Waals surface area contributed by atoms with Crippen LogP contribution < -0.4 is 11.1 Å². The smallest absolute Gasteiger partial charge is 0.408 e. The van der Waals surface area contributed by atoms with Gasteiger partial charge in [-0.2, -0.15) is 0 Å². The third kappa shape index (κ3) is 3.51. The number of likely N-dealkylation sites (tertiary alicyclic amines) is 1. The highest BCUT2D eigenvalue weighted by Crippen LogP contribution is 2.51. The van der Waals surface area contributed by atoms with Crippen LogP contribution in [0.4, 0.5) is 4.79 Å². The van der Waals surface area contributed by atoms with Crippen molar-refractivity contribution in [2.75, 3.05) is 7.05 Å². The highest BCUT2D eigenvalue weighted by atomic mass is 16.6. The van der Waals surface area contributed by atoms with E-state index in [0.717, 1.165) is 19.3 Å². The van der Waals surface area contributed by atoms with Crippen molar-refractivity contribution in [3.8, 4) is 0 Å². The van der Waals surface area contributed by atoms with Crippen LogP contribution in [0.1, 0.15) is 46.5 Å². The molecule has 2 atom stereocenters. The molecule has 0 unspecified atom stereocenters. The van der Waals surface area contributed by atoms with E-state index in [2.05, 4.69) is 5.32 Å². The zero-order valence-electron chi connectivity index (χ0n) is 13.6. The van der Waals surface area contributed by atoms with Gasteiger partial charge in [-0.25, -0.2) is 4.79 Å². The van der Waals surface area contributed by atoms with Gasteiger partial charge >= 0.3 is 6.09 Å².